The highest BCUT2D eigenvalue weighted by molar-refractivity contribution is 6.30. The highest BCUT2D eigenvalue weighted by atomic mass is 35.5. The molecule has 4 heterocycles. The first-order valence-corrected chi connectivity index (χ1v) is 6.97. The van der Waals surface area contributed by atoms with Crippen LogP contribution >= 0.6 is 11.6 Å². The standard InChI is InChI=1S/C14H17ClN2/c15-9-1-3-12(4-2-9)17-13-5-10-6-14(17)8-11(7-13)16-10/h1-4,10-11,13-14,16H,5-8H2. The number of nitrogens with one attached hydrogen (secondary N) is 1. The zero-order valence-electron chi connectivity index (χ0n) is 9.77. The van der Waals surface area contributed by atoms with Crippen molar-refractivity contribution in [3.05, 3.63) is 29.3 Å². The summed E-state index contributed by atoms with van der Waals surface area (Å²) in [6.45, 7) is 0. The van der Waals surface area contributed by atoms with Crippen molar-refractivity contribution in [2.24, 2.45) is 0 Å². The average molecular weight is 249 g/mol. The lowest BCUT2D eigenvalue weighted by Gasteiger charge is -2.58. The summed E-state index contributed by atoms with van der Waals surface area (Å²) in [7, 11) is 0. The molecule has 0 amide bonds. The minimum Gasteiger partial charge on any atom is -0.365 e. The molecule has 0 atom stereocenters. The van der Waals surface area contributed by atoms with Crippen molar-refractivity contribution in [1.29, 1.82) is 0 Å². The Balaban J connectivity index is 1.68. The summed E-state index contributed by atoms with van der Waals surface area (Å²) in [5.74, 6) is 0. The second kappa shape index (κ2) is 3.63. The van der Waals surface area contributed by atoms with Crippen LogP contribution in [-0.4, -0.2) is 24.2 Å². The SMILES string of the molecule is Clc1ccc(N2C3CC4CC2CC(C3)N4)cc1. The van der Waals surface area contributed by atoms with Gasteiger partial charge in [-0.1, -0.05) is 11.6 Å². The first-order valence-electron chi connectivity index (χ1n) is 6.59. The Bertz CT molecular complexity index is 400. The number of rotatable bonds is 1. The predicted molar refractivity (Wildman–Crippen MR) is 70.7 cm³/mol. The second-order valence-electron chi connectivity index (χ2n) is 5.69. The van der Waals surface area contributed by atoms with Crippen LogP contribution in [0.1, 0.15) is 25.7 Å². The molecular formula is C14H17ClN2. The van der Waals surface area contributed by atoms with Gasteiger partial charge in [-0.2, -0.15) is 0 Å². The highest BCUT2D eigenvalue weighted by Crippen LogP contribution is 2.41. The van der Waals surface area contributed by atoms with E-state index in [4.69, 9.17) is 11.6 Å². The largest absolute Gasteiger partial charge is 0.365 e. The van der Waals surface area contributed by atoms with Gasteiger partial charge >= 0.3 is 0 Å². The van der Waals surface area contributed by atoms with Crippen LogP contribution in [-0.2, 0) is 0 Å². The Morgan fingerprint density at radius 2 is 1.47 bits per heavy atom. The molecule has 4 saturated heterocycles. The Morgan fingerprint density at radius 1 is 0.941 bits per heavy atom. The van der Waals surface area contributed by atoms with Gasteiger partial charge in [0.2, 0.25) is 0 Å². The van der Waals surface area contributed by atoms with E-state index in [2.05, 4.69) is 22.3 Å². The molecule has 0 saturated carbocycles. The van der Waals surface area contributed by atoms with E-state index in [-0.39, 0.29) is 0 Å². The van der Waals surface area contributed by atoms with Crippen molar-refractivity contribution in [2.45, 2.75) is 49.9 Å². The molecule has 4 aliphatic heterocycles. The molecule has 1 aromatic carbocycles. The summed E-state index contributed by atoms with van der Waals surface area (Å²) in [6, 6.07) is 11.4. The lowest BCUT2D eigenvalue weighted by Crippen LogP contribution is -2.67. The molecule has 1 N–H and O–H groups in total. The van der Waals surface area contributed by atoms with Gasteiger partial charge < -0.3 is 10.2 Å². The zero-order chi connectivity index (χ0) is 11.4. The van der Waals surface area contributed by atoms with Crippen LogP contribution in [0.5, 0.6) is 0 Å². The monoisotopic (exact) mass is 248 g/mol. The first-order chi connectivity index (χ1) is 8.29. The summed E-state index contributed by atoms with van der Waals surface area (Å²) >= 11 is 5.97. The van der Waals surface area contributed by atoms with E-state index < -0.39 is 0 Å². The number of anilines is 1. The average Bonchev–Trinajstić information content (AvgIpc) is 2.30. The molecule has 0 unspecified atom stereocenters. The summed E-state index contributed by atoms with van der Waals surface area (Å²) in [6.07, 6.45) is 5.26. The number of hydrogen-bond acceptors (Lipinski definition) is 2. The van der Waals surface area contributed by atoms with Gasteiger partial charge in [-0.3, -0.25) is 0 Å². The predicted octanol–water partition coefficient (Wildman–Crippen LogP) is 2.81. The minimum atomic E-state index is 0.750. The topological polar surface area (TPSA) is 15.3 Å². The lowest BCUT2D eigenvalue weighted by molar-refractivity contribution is 0.135. The molecular weight excluding hydrogens is 232 g/mol. The summed E-state index contributed by atoms with van der Waals surface area (Å²) in [5.41, 5.74) is 1.36. The molecule has 2 nitrogen and oxygen atoms in total. The summed E-state index contributed by atoms with van der Waals surface area (Å²) in [4.78, 5) is 2.66. The molecule has 4 aliphatic rings. The van der Waals surface area contributed by atoms with Crippen LogP contribution in [0.4, 0.5) is 5.69 Å². The molecule has 4 bridgehead atoms. The second-order valence-corrected chi connectivity index (χ2v) is 6.13. The van der Waals surface area contributed by atoms with Crippen LogP contribution in [0, 0.1) is 0 Å². The van der Waals surface area contributed by atoms with Crippen LogP contribution in [0.2, 0.25) is 5.02 Å². The van der Waals surface area contributed by atoms with E-state index in [0.717, 1.165) is 29.2 Å². The third-order valence-electron chi connectivity index (χ3n) is 4.61. The number of hydrogen-bond donors (Lipinski definition) is 1. The molecule has 5 rings (SSSR count). The first kappa shape index (κ1) is 10.2. The van der Waals surface area contributed by atoms with Gasteiger partial charge in [-0.25, -0.2) is 0 Å². The fourth-order valence-corrected chi connectivity index (χ4v) is 4.22. The molecule has 17 heavy (non-hydrogen) atoms. The van der Waals surface area contributed by atoms with E-state index in [9.17, 15) is 0 Å². The van der Waals surface area contributed by atoms with Crippen LogP contribution in [0.25, 0.3) is 0 Å². The molecule has 1 aromatic rings. The molecule has 3 heteroatoms. The molecule has 0 spiro atoms. The smallest absolute Gasteiger partial charge is 0.0407 e. The maximum atomic E-state index is 5.97. The molecule has 0 radical (unpaired) electrons. The van der Waals surface area contributed by atoms with Crippen molar-refractivity contribution in [3.63, 3.8) is 0 Å². The lowest BCUT2D eigenvalue weighted by atomic mass is 9.74. The summed E-state index contributed by atoms with van der Waals surface area (Å²) in [5, 5.41) is 4.58. The number of benzene rings is 1. The third kappa shape index (κ3) is 1.58. The Morgan fingerprint density at radius 3 is 2.00 bits per heavy atom. The van der Waals surface area contributed by atoms with Crippen molar-refractivity contribution in [2.75, 3.05) is 4.90 Å². The fourth-order valence-electron chi connectivity index (χ4n) is 4.09. The Labute approximate surface area is 107 Å². The molecule has 0 aliphatic carbocycles. The van der Waals surface area contributed by atoms with Gasteiger partial charge in [-0.05, 0) is 49.9 Å². The fraction of sp³-hybridized carbons (Fsp3) is 0.571. The number of piperidine rings is 4. The van der Waals surface area contributed by atoms with E-state index in [1.165, 1.54) is 31.4 Å². The van der Waals surface area contributed by atoms with E-state index >= 15 is 0 Å². The minimum absolute atomic E-state index is 0.750. The zero-order valence-corrected chi connectivity index (χ0v) is 10.5. The van der Waals surface area contributed by atoms with Crippen molar-refractivity contribution < 1.29 is 0 Å². The van der Waals surface area contributed by atoms with Gasteiger partial charge in [0.05, 0.1) is 0 Å². The molecule has 0 aromatic heterocycles. The maximum absolute atomic E-state index is 5.97. The van der Waals surface area contributed by atoms with Crippen LogP contribution < -0.4 is 10.2 Å². The van der Waals surface area contributed by atoms with Gasteiger partial charge in [-0.15, -0.1) is 0 Å². The van der Waals surface area contributed by atoms with Gasteiger partial charge in [0.1, 0.15) is 0 Å². The quantitative estimate of drug-likeness (QED) is 0.822. The normalized spacial score (nSPS) is 38.8. The van der Waals surface area contributed by atoms with Gasteiger partial charge in [0, 0.05) is 34.9 Å². The third-order valence-corrected chi connectivity index (χ3v) is 4.86. The van der Waals surface area contributed by atoms with Gasteiger partial charge in [0.25, 0.3) is 0 Å². The maximum Gasteiger partial charge on any atom is 0.0407 e. The van der Waals surface area contributed by atoms with E-state index in [1.807, 2.05) is 12.1 Å². The van der Waals surface area contributed by atoms with Crippen molar-refractivity contribution in [1.82, 2.24) is 5.32 Å². The Kier molecular flexibility index (Phi) is 2.18. The van der Waals surface area contributed by atoms with Crippen LogP contribution in [0.15, 0.2) is 24.3 Å². The van der Waals surface area contributed by atoms with Gasteiger partial charge in [0.15, 0.2) is 0 Å². The molecule has 90 valence electrons. The Hall–Kier alpha value is -0.730. The van der Waals surface area contributed by atoms with Crippen molar-refractivity contribution >= 4 is 17.3 Å². The number of nitrogens with zero attached hydrogens (tertiary/aromatic N) is 1. The van der Waals surface area contributed by atoms with Crippen molar-refractivity contribution in [3.8, 4) is 0 Å². The summed E-state index contributed by atoms with van der Waals surface area (Å²) < 4.78 is 0. The number of halogens is 1. The van der Waals surface area contributed by atoms with E-state index in [0.29, 0.717) is 0 Å². The van der Waals surface area contributed by atoms with Crippen LogP contribution in [0.3, 0.4) is 0 Å². The van der Waals surface area contributed by atoms with E-state index in [1.54, 1.807) is 0 Å². The highest BCUT2D eigenvalue weighted by Gasteiger charge is 2.46. The molecule has 4 fully saturated rings.